The number of hydrogen-bond acceptors (Lipinski definition) is 5. The van der Waals surface area contributed by atoms with E-state index in [0.29, 0.717) is 40.4 Å². The van der Waals surface area contributed by atoms with Crippen LogP contribution in [0.1, 0.15) is 46.8 Å². The predicted molar refractivity (Wildman–Crippen MR) is 142 cm³/mol. The van der Waals surface area contributed by atoms with Gasteiger partial charge in [0, 0.05) is 79.8 Å². The van der Waals surface area contributed by atoms with Gasteiger partial charge in [0.25, 0.3) is 5.91 Å². The smallest absolute Gasteiger partial charge is 0.381 e. The summed E-state index contributed by atoms with van der Waals surface area (Å²) in [6, 6.07) is 9.11. The molecule has 38 heavy (non-hydrogen) atoms. The quantitative estimate of drug-likeness (QED) is 0.497. The summed E-state index contributed by atoms with van der Waals surface area (Å²) in [7, 11) is -1.27. The molecule has 1 unspecified atom stereocenters. The Morgan fingerprint density at radius 3 is 2.45 bits per heavy atom. The Morgan fingerprint density at radius 2 is 1.79 bits per heavy atom. The molecule has 2 aliphatic rings. The van der Waals surface area contributed by atoms with E-state index >= 15 is 0 Å². The van der Waals surface area contributed by atoms with Crippen molar-refractivity contribution in [3.05, 3.63) is 63.7 Å². The molecule has 0 spiro atoms. The minimum absolute atomic E-state index is 0.000958. The summed E-state index contributed by atoms with van der Waals surface area (Å²) >= 11 is 6.06. The minimum atomic E-state index is -4.59. The topological polar surface area (TPSA) is 61.9 Å². The van der Waals surface area contributed by atoms with Crippen molar-refractivity contribution >= 4 is 28.3 Å². The standard InChI is InChI=1S/C27H33ClF3N3O3S/c1-2-38(36)25-6-5-22(28)15-21(25)17-32-26(35)19-3-4-20(24(16-19)27(29,30)31)18-33-9-11-34(12-10-33)23-7-13-37-14-8-23/h3-6,15-16,23H,2,7-14,17-18H2,1H3,(H,32,35). The van der Waals surface area contributed by atoms with Crippen molar-refractivity contribution in [3.8, 4) is 0 Å². The van der Waals surface area contributed by atoms with E-state index in [1.807, 2.05) is 4.90 Å². The van der Waals surface area contributed by atoms with Gasteiger partial charge in [-0.25, -0.2) is 0 Å². The molecule has 6 nitrogen and oxygen atoms in total. The van der Waals surface area contributed by atoms with Crippen LogP contribution in [0.4, 0.5) is 13.2 Å². The molecular weight excluding hydrogens is 539 g/mol. The number of carbonyl (C=O) groups is 1. The zero-order chi connectivity index (χ0) is 27.3. The fraction of sp³-hybridized carbons (Fsp3) is 0.519. The molecule has 0 radical (unpaired) electrons. The molecule has 2 aromatic carbocycles. The first kappa shape index (κ1) is 29.0. The van der Waals surface area contributed by atoms with E-state index in [9.17, 15) is 22.2 Å². The summed E-state index contributed by atoms with van der Waals surface area (Å²) in [5, 5.41) is 3.07. The number of nitrogens with zero attached hydrogens (tertiary/aromatic N) is 2. The fourth-order valence-corrected chi connectivity index (χ4v) is 6.19. The number of alkyl halides is 3. The van der Waals surface area contributed by atoms with Crippen LogP contribution in [-0.4, -0.2) is 71.1 Å². The van der Waals surface area contributed by atoms with Crippen molar-refractivity contribution in [1.82, 2.24) is 15.1 Å². The Balaban J connectivity index is 1.42. The maximum absolute atomic E-state index is 14.0. The highest BCUT2D eigenvalue weighted by atomic mass is 35.5. The van der Waals surface area contributed by atoms with Crippen molar-refractivity contribution in [3.63, 3.8) is 0 Å². The van der Waals surface area contributed by atoms with Crippen LogP contribution in [0, 0.1) is 0 Å². The van der Waals surface area contributed by atoms with Gasteiger partial charge in [-0.2, -0.15) is 13.2 Å². The zero-order valence-corrected chi connectivity index (χ0v) is 22.9. The second-order valence-electron chi connectivity index (χ2n) is 9.59. The Labute approximate surface area is 228 Å². The molecule has 1 N–H and O–H groups in total. The van der Waals surface area contributed by atoms with Crippen LogP contribution in [0.3, 0.4) is 0 Å². The summed E-state index contributed by atoms with van der Waals surface area (Å²) in [4.78, 5) is 17.8. The first-order valence-electron chi connectivity index (χ1n) is 12.8. The molecule has 208 valence electrons. The van der Waals surface area contributed by atoms with Crippen molar-refractivity contribution in [1.29, 1.82) is 0 Å². The molecule has 2 fully saturated rings. The highest BCUT2D eigenvalue weighted by molar-refractivity contribution is 7.85. The van der Waals surface area contributed by atoms with Crippen LogP contribution < -0.4 is 5.32 Å². The highest BCUT2D eigenvalue weighted by Crippen LogP contribution is 2.34. The first-order chi connectivity index (χ1) is 18.2. The Hall–Kier alpha value is -1.98. The average molecular weight is 572 g/mol. The van der Waals surface area contributed by atoms with Crippen molar-refractivity contribution in [2.24, 2.45) is 0 Å². The fourth-order valence-electron chi connectivity index (χ4n) is 5.04. The van der Waals surface area contributed by atoms with E-state index in [4.69, 9.17) is 16.3 Å². The van der Waals surface area contributed by atoms with E-state index in [2.05, 4.69) is 10.2 Å². The second kappa shape index (κ2) is 12.9. The van der Waals surface area contributed by atoms with Gasteiger partial charge in [0.05, 0.1) is 16.4 Å². The molecule has 0 bridgehead atoms. The molecule has 4 rings (SSSR count). The molecule has 2 aliphatic heterocycles. The maximum atomic E-state index is 14.0. The monoisotopic (exact) mass is 571 g/mol. The van der Waals surface area contributed by atoms with Crippen LogP contribution >= 0.6 is 11.6 Å². The minimum Gasteiger partial charge on any atom is -0.381 e. The molecule has 1 atom stereocenters. The van der Waals surface area contributed by atoms with E-state index < -0.39 is 28.4 Å². The second-order valence-corrected chi connectivity index (χ2v) is 11.7. The Kier molecular flexibility index (Phi) is 9.86. The molecule has 11 heteroatoms. The summed E-state index contributed by atoms with van der Waals surface area (Å²) < 4.78 is 59.8. The number of nitrogens with one attached hydrogen (secondary N) is 1. The van der Waals surface area contributed by atoms with Gasteiger partial charge in [-0.3, -0.25) is 18.8 Å². The van der Waals surface area contributed by atoms with Crippen LogP contribution in [0.5, 0.6) is 0 Å². The third-order valence-corrected chi connectivity index (χ3v) is 8.80. The molecular formula is C27H33ClF3N3O3S. The molecule has 0 aliphatic carbocycles. The Bertz CT molecular complexity index is 1150. The normalized spacial score (nSPS) is 18.9. The summed E-state index contributed by atoms with van der Waals surface area (Å²) in [6.07, 6.45) is -2.60. The largest absolute Gasteiger partial charge is 0.416 e. The van der Waals surface area contributed by atoms with Gasteiger partial charge in [0.15, 0.2) is 0 Å². The highest BCUT2D eigenvalue weighted by Gasteiger charge is 2.35. The SMILES string of the molecule is CCS(=O)c1ccc(Cl)cc1CNC(=O)c1ccc(CN2CCN(C3CCOCC3)CC2)c(C(F)(F)F)c1. The number of halogens is 4. The van der Waals surface area contributed by atoms with Gasteiger partial charge in [0.1, 0.15) is 0 Å². The van der Waals surface area contributed by atoms with Gasteiger partial charge in [0.2, 0.25) is 0 Å². The lowest BCUT2D eigenvalue weighted by Gasteiger charge is -2.40. The molecule has 0 aromatic heterocycles. The number of benzene rings is 2. The van der Waals surface area contributed by atoms with Crippen LogP contribution in [0.2, 0.25) is 5.02 Å². The zero-order valence-electron chi connectivity index (χ0n) is 21.4. The van der Waals surface area contributed by atoms with Gasteiger partial charge in [-0.1, -0.05) is 24.6 Å². The number of carbonyl (C=O) groups excluding carboxylic acids is 1. The molecule has 0 saturated carbocycles. The summed E-state index contributed by atoms with van der Waals surface area (Å²) in [6.45, 7) is 6.50. The third-order valence-electron chi connectivity index (χ3n) is 7.15. The molecule has 1 amide bonds. The van der Waals surface area contributed by atoms with Crippen molar-refractivity contribution in [2.45, 2.75) is 50.0 Å². The Morgan fingerprint density at radius 1 is 1.08 bits per heavy atom. The van der Waals surface area contributed by atoms with Gasteiger partial charge >= 0.3 is 6.18 Å². The van der Waals surface area contributed by atoms with E-state index in [1.165, 1.54) is 12.1 Å². The van der Waals surface area contributed by atoms with E-state index in [1.54, 1.807) is 25.1 Å². The predicted octanol–water partition coefficient (Wildman–Crippen LogP) is 4.71. The summed E-state index contributed by atoms with van der Waals surface area (Å²) in [5.41, 5.74) is -0.152. The molecule has 2 heterocycles. The van der Waals surface area contributed by atoms with Gasteiger partial charge < -0.3 is 10.1 Å². The lowest BCUT2D eigenvalue weighted by molar-refractivity contribution is -0.138. The maximum Gasteiger partial charge on any atom is 0.416 e. The van der Waals surface area contributed by atoms with Crippen molar-refractivity contribution in [2.75, 3.05) is 45.1 Å². The van der Waals surface area contributed by atoms with Gasteiger partial charge in [-0.05, 0) is 54.3 Å². The molecule has 2 saturated heterocycles. The van der Waals surface area contributed by atoms with E-state index in [-0.39, 0.29) is 24.2 Å². The van der Waals surface area contributed by atoms with Crippen LogP contribution in [-0.2, 0) is 34.8 Å². The number of rotatable bonds is 8. The average Bonchev–Trinajstić information content (AvgIpc) is 2.92. The van der Waals surface area contributed by atoms with Crippen molar-refractivity contribution < 1.29 is 26.9 Å². The number of piperazine rings is 1. The number of hydrogen-bond donors (Lipinski definition) is 1. The number of amides is 1. The number of ether oxygens (including phenoxy) is 1. The lowest BCUT2D eigenvalue weighted by Crippen LogP contribution is -2.51. The molecule has 2 aromatic rings. The lowest BCUT2D eigenvalue weighted by atomic mass is 10.0. The van der Waals surface area contributed by atoms with Gasteiger partial charge in [-0.15, -0.1) is 0 Å². The first-order valence-corrected chi connectivity index (χ1v) is 14.5. The van der Waals surface area contributed by atoms with E-state index in [0.717, 1.165) is 45.2 Å². The summed E-state index contributed by atoms with van der Waals surface area (Å²) in [5.74, 6) is -0.246. The third kappa shape index (κ3) is 7.35. The van der Waals surface area contributed by atoms with Crippen LogP contribution in [0.15, 0.2) is 41.3 Å². The van der Waals surface area contributed by atoms with Crippen LogP contribution in [0.25, 0.3) is 0 Å².